The van der Waals surface area contributed by atoms with E-state index in [0.29, 0.717) is 6.42 Å². The fourth-order valence-corrected chi connectivity index (χ4v) is 2.99. The summed E-state index contributed by atoms with van der Waals surface area (Å²) in [6.45, 7) is 1.98. The fourth-order valence-electron chi connectivity index (χ4n) is 2.99. The molecule has 2 rings (SSSR count). The van der Waals surface area contributed by atoms with E-state index in [1.165, 1.54) is 12.1 Å². The molecule has 0 heterocycles. The van der Waals surface area contributed by atoms with Gasteiger partial charge in [-0.15, -0.1) is 0 Å². The molecule has 0 aromatic heterocycles. The zero-order valence-electron chi connectivity index (χ0n) is 18.7. The van der Waals surface area contributed by atoms with Gasteiger partial charge in [0.05, 0.1) is 25.7 Å². The number of aromatic hydroxyl groups is 1. The number of carbonyl (C=O) groups excluding carboxylic acids is 3. The van der Waals surface area contributed by atoms with Crippen molar-refractivity contribution < 1.29 is 38.4 Å². The Morgan fingerprint density at radius 2 is 1.52 bits per heavy atom. The van der Waals surface area contributed by atoms with Crippen molar-refractivity contribution in [3.05, 3.63) is 65.7 Å². The van der Waals surface area contributed by atoms with Crippen molar-refractivity contribution in [3.8, 4) is 5.75 Å². The number of rotatable bonds is 15. The van der Waals surface area contributed by atoms with Crippen LogP contribution in [-0.4, -0.2) is 55.9 Å². The zero-order valence-corrected chi connectivity index (χ0v) is 18.7. The number of ether oxygens (including phenoxy) is 4. The predicted octanol–water partition coefficient (Wildman–Crippen LogP) is 2.85. The Morgan fingerprint density at radius 3 is 2.18 bits per heavy atom. The number of benzene rings is 2. The molecule has 0 radical (unpaired) electrons. The fraction of sp³-hybridized carbons (Fsp3) is 0.400. The van der Waals surface area contributed by atoms with Crippen molar-refractivity contribution in [2.75, 3.05) is 33.0 Å². The molecule has 0 spiro atoms. The number of Topliss-reactive ketones (excluding diaryl/α,β-unsaturated/α-hetero) is 1. The first-order valence-corrected chi connectivity index (χ1v) is 10.8. The molecule has 0 amide bonds. The average molecular weight is 459 g/mol. The Hall–Kier alpha value is -3.23. The SMILES string of the molecule is CCOC(=O)C(CC(=O)COCCOCC(=O)OCc1ccccc1)Cc1ccc(O)cc1. The van der Waals surface area contributed by atoms with Crippen LogP contribution in [0.2, 0.25) is 0 Å². The van der Waals surface area contributed by atoms with Crippen molar-refractivity contribution in [1.29, 1.82) is 0 Å². The number of ketones is 1. The molecule has 0 fully saturated rings. The van der Waals surface area contributed by atoms with E-state index >= 15 is 0 Å². The molecular weight excluding hydrogens is 428 g/mol. The third-order valence-electron chi connectivity index (χ3n) is 4.61. The predicted molar refractivity (Wildman–Crippen MR) is 119 cm³/mol. The number of hydrogen-bond donors (Lipinski definition) is 1. The minimum absolute atomic E-state index is 0.0214. The third-order valence-corrected chi connectivity index (χ3v) is 4.61. The van der Waals surface area contributed by atoms with Gasteiger partial charge in [-0.2, -0.15) is 0 Å². The Labute approximate surface area is 193 Å². The van der Waals surface area contributed by atoms with Gasteiger partial charge in [0, 0.05) is 6.42 Å². The van der Waals surface area contributed by atoms with Crippen LogP contribution in [0, 0.1) is 5.92 Å². The number of esters is 2. The van der Waals surface area contributed by atoms with Crippen LogP contribution >= 0.6 is 0 Å². The summed E-state index contributed by atoms with van der Waals surface area (Å²) in [4.78, 5) is 36.2. The highest BCUT2D eigenvalue weighted by atomic mass is 16.6. The van der Waals surface area contributed by atoms with E-state index in [-0.39, 0.29) is 57.6 Å². The first kappa shape index (κ1) is 26.0. The molecule has 0 aliphatic rings. The van der Waals surface area contributed by atoms with Crippen LogP contribution in [0.4, 0.5) is 0 Å². The summed E-state index contributed by atoms with van der Waals surface area (Å²) < 4.78 is 20.7. The number of carbonyl (C=O) groups is 3. The van der Waals surface area contributed by atoms with Crippen LogP contribution < -0.4 is 0 Å². The maximum atomic E-state index is 12.3. The van der Waals surface area contributed by atoms with Crippen LogP contribution in [0.25, 0.3) is 0 Å². The maximum Gasteiger partial charge on any atom is 0.332 e. The van der Waals surface area contributed by atoms with Crippen molar-refractivity contribution in [2.24, 2.45) is 5.92 Å². The lowest BCUT2D eigenvalue weighted by molar-refractivity contribution is -0.151. The molecule has 1 N–H and O–H groups in total. The normalized spacial score (nSPS) is 11.5. The Morgan fingerprint density at radius 1 is 0.848 bits per heavy atom. The summed E-state index contributed by atoms with van der Waals surface area (Å²) >= 11 is 0. The molecule has 1 unspecified atom stereocenters. The van der Waals surface area contributed by atoms with E-state index in [1.807, 2.05) is 30.3 Å². The first-order valence-electron chi connectivity index (χ1n) is 10.8. The van der Waals surface area contributed by atoms with E-state index in [0.717, 1.165) is 11.1 Å². The van der Waals surface area contributed by atoms with Crippen LogP contribution in [0.15, 0.2) is 54.6 Å². The van der Waals surface area contributed by atoms with Crippen molar-refractivity contribution >= 4 is 17.7 Å². The van der Waals surface area contributed by atoms with Crippen molar-refractivity contribution in [2.45, 2.75) is 26.4 Å². The van der Waals surface area contributed by atoms with Gasteiger partial charge >= 0.3 is 11.9 Å². The van der Waals surface area contributed by atoms with Crippen LogP contribution in [-0.2, 0) is 46.4 Å². The number of hydrogen-bond acceptors (Lipinski definition) is 8. The lowest BCUT2D eigenvalue weighted by Gasteiger charge is -2.15. The summed E-state index contributed by atoms with van der Waals surface area (Å²) in [5, 5.41) is 9.39. The Balaban J connectivity index is 1.63. The Bertz CT molecular complexity index is 864. The van der Waals surface area contributed by atoms with Gasteiger partial charge < -0.3 is 24.1 Å². The molecule has 1 atom stereocenters. The average Bonchev–Trinajstić information content (AvgIpc) is 2.81. The van der Waals surface area contributed by atoms with Crippen LogP contribution in [0.3, 0.4) is 0 Å². The molecule has 0 saturated carbocycles. The third kappa shape index (κ3) is 10.8. The van der Waals surface area contributed by atoms with E-state index in [2.05, 4.69) is 0 Å². The van der Waals surface area contributed by atoms with Gasteiger partial charge in [0.1, 0.15) is 25.6 Å². The van der Waals surface area contributed by atoms with Gasteiger partial charge in [0.25, 0.3) is 0 Å². The summed E-state index contributed by atoms with van der Waals surface area (Å²) in [5.41, 5.74) is 1.70. The summed E-state index contributed by atoms with van der Waals surface area (Å²) in [7, 11) is 0. The molecule has 0 aliphatic carbocycles. The maximum absolute atomic E-state index is 12.3. The largest absolute Gasteiger partial charge is 0.508 e. The molecule has 0 aliphatic heterocycles. The van der Waals surface area contributed by atoms with Crippen molar-refractivity contribution in [1.82, 2.24) is 0 Å². The molecule has 2 aromatic rings. The van der Waals surface area contributed by atoms with Crippen molar-refractivity contribution in [3.63, 3.8) is 0 Å². The van der Waals surface area contributed by atoms with Gasteiger partial charge in [0.2, 0.25) is 0 Å². The smallest absolute Gasteiger partial charge is 0.332 e. The second-order valence-electron chi connectivity index (χ2n) is 7.31. The number of phenolic OH excluding ortho intramolecular Hbond substituents is 1. The van der Waals surface area contributed by atoms with E-state index in [1.54, 1.807) is 19.1 Å². The first-order chi connectivity index (χ1) is 16.0. The highest BCUT2D eigenvalue weighted by Crippen LogP contribution is 2.17. The molecule has 8 heteroatoms. The van der Waals surface area contributed by atoms with Gasteiger partial charge in [-0.1, -0.05) is 42.5 Å². The lowest BCUT2D eigenvalue weighted by atomic mass is 9.94. The minimum atomic E-state index is -0.638. The monoisotopic (exact) mass is 458 g/mol. The van der Waals surface area contributed by atoms with Gasteiger partial charge in [-0.3, -0.25) is 9.59 Å². The molecule has 8 nitrogen and oxygen atoms in total. The molecular formula is C25H30O8. The standard InChI is InChI=1S/C25H30O8/c1-2-32-25(29)21(14-19-8-10-22(26)11-9-19)15-23(27)17-30-12-13-31-18-24(28)33-16-20-6-4-3-5-7-20/h3-11,21,26H,2,12-18H2,1H3. The van der Waals surface area contributed by atoms with Crippen LogP contribution in [0.5, 0.6) is 5.75 Å². The quantitative estimate of drug-likeness (QED) is 0.321. The highest BCUT2D eigenvalue weighted by molar-refractivity contribution is 5.85. The molecule has 0 bridgehead atoms. The minimum Gasteiger partial charge on any atom is -0.508 e. The van der Waals surface area contributed by atoms with E-state index < -0.39 is 17.9 Å². The zero-order chi connectivity index (χ0) is 23.9. The second kappa shape index (κ2) is 14.8. The van der Waals surface area contributed by atoms with Gasteiger partial charge in [-0.25, -0.2) is 4.79 Å². The lowest BCUT2D eigenvalue weighted by Crippen LogP contribution is -2.25. The Kier molecular flexibility index (Phi) is 11.6. The van der Waals surface area contributed by atoms with E-state index in [4.69, 9.17) is 18.9 Å². The topological polar surface area (TPSA) is 108 Å². The summed E-state index contributed by atoms with van der Waals surface area (Å²) in [6.07, 6.45) is 0.297. The molecule has 0 saturated heterocycles. The summed E-state index contributed by atoms with van der Waals surface area (Å²) in [6, 6.07) is 15.8. The van der Waals surface area contributed by atoms with Gasteiger partial charge in [0.15, 0.2) is 5.78 Å². The highest BCUT2D eigenvalue weighted by Gasteiger charge is 2.23. The van der Waals surface area contributed by atoms with E-state index in [9.17, 15) is 19.5 Å². The van der Waals surface area contributed by atoms with Gasteiger partial charge in [-0.05, 0) is 36.6 Å². The van der Waals surface area contributed by atoms with Crippen LogP contribution in [0.1, 0.15) is 24.5 Å². The second-order valence-corrected chi connectivity index (χ2v) is 7.31. The summed E-state index contributed by atoms with van der Waals surface area (Å²) in [5.74, 6) is -1.68. The molecule has 178 valence electrons. The number of phenols is 1. The molecule has 33 heavy (non-hydrogen) atoms. The molecule has 2 aromatic carbocycles.